The van der Waals surface area contributed by atoms with Crippen LogP contribution in [0.3, 0.4) is 0 Å². The first-order valence-electron chi connectivity index (χ1n) is 5.45. The van der Waals surface area contributed by atoms with Crippen LogP contribution >= 0.6 is 0 Å². The Morgan fingerprint density at radius 1 is 1.06 bits per heavy atom. The number of alkyl halides is 3. The van der Waals surface area contributed by atoms with Crippen LogP contribution in [0.25, 0.3) is 0 Å². The molecule has 2 N–H and O–H groups in total. The highest BCUT2D eigenvalue weighted by atomic mass is 19.4. The Balaban J connectivity index is 2.02. The fourth-order valence-corrected chi connectivity index (χ4v) is 1.84. The molecule has 1 aromatic carbocycles. The summed E-state index contributed by atoms with van der Waals surface area (Å²) in [4.78, 5) is 2.15. The first kappa shape index (κ1) is 12.0. The molecule has 2 rings (SSSR count). The smallest absolute Gasteiger partial charge is 0.369 e. The van der Waals surface area contributed by atoms with Crippen molar-refractivity contribution in [3.05, 3.63) is 24.3 Å². The van der Waals surface area contributed by atoms with Crippen molar-refractivity contribution in [2.75, 3.05) is 36.4 Å². The fourth-order valence-electron chi connectivity index (χ4n) is 1.84. The number of hydrogen-bond acceptors (Lipinski definition) is 3. The molecule has 94 valence electrons. The van der Waals surface area contributed by atoms with Crippen LogP contribution < -0.4 is 15.5 Å². The van der Waals surface area contributed by atoms with Gasteiger partial charge in [0.05, 0.1) is 0 Å². The summed E-state index contributed by atoms with van der Waals surface area (Å²) < 4.78 is 36.2. The van der Waals surface area contributed by atoms with Crippen LogP contribution in [0.2, 0.25) is 0 Å². The lowest BCUT2D eigenvalue weighted by Gasteiger charge is -2.29. The summed E-state index contributed by atoms with van der Waals surface area (Å²) in [7, 11) is 0. The Labute approximate surface area is 97.6 Å². The van der Waals surface area contributed by atoms with Crippen molar-refractivity contribution in [1.29, 1.82) is 0 Å². The second-order valence-electron chi connectivity index (χ2n) is 3.91. The average Bonchev–Trinajstić information content (AvgIpc) is 2.29. The van der Waals surface area contributed by atoms with Crippen LogP contribution in [-0.4, -0.2) is 32.5 Å². The van der Waals surface area contributed by atoms with Crippen LogP contribution in [0, 0.1) is 0 Å². The van der Waals surface area contributed by atoms with Gasteiger partial charge in [0, 0.05) is 37.6 Å². The van der Waals surface area contributed by atoms with Crippen molar-refractivity contribution in [2.24, 2.45) is 0 Å². The standard InChI is InChI=1S/C11H14F3N3/c12-11(13,14)16-9-1-3-10(4-2-9)17-7-5-15-6-8-17/h1-4,15-16H,5-8H2. The normalized spacial score (nSPS) is 17.0. The zero-order valence-corrected chi connectivity index (χ0v) is 9.22. The molecule has 0 atom stereocenters. The molecule has 0 radical (unpaired) electrons. The molecule has 0 bridgehead atoms. The van der Waals surface area contributed by atoms with E-state index in [-0.39, 0.29) is 5.69 Å². The van der Waals surface area contributed by atoms with E-state index < -0.39 is 6.30 Å². The van der Waals surface area contributed by atoms with Crippen molar-refractivity contribution in [2.45, 2.75) is 6.30 Å². The van der Waals surface area contributed by atoms with Crippen molar-refractivity contribution < 1.29 is 13.2 Å². The maximum atomic E-state index is 12.1. The molecule has 0 aromatic heterocycles. The van der Waals surface area contributed by atoms with Gasteiger partial charge in [-0.15, -0.1) is 0 Å². The van der Waals surface area contributed by atoms with Gasteiger partial charge >= 0.3 is 6.30 Å². The molecule has 6 heteroatoms. The highest BCUT2D eigenvalue weighted by Gasteiger charge is 2.26. The molecule has 1 aliphatic rings. The highest BCUT2D eigenvalue weighted by Crippen LogP contribution is 2.23. The number of piperazine rings is 1. The summed E-state index contributed by atoms with van der Waals surface area (Å²) >= 11 is 0. The molecule has 0 aliphatic carbocycles. The summed E-state index contributed by atoms with van der Waals surface area (Å²) in [5, 5.41) is 4.70. The Morgan fingerprint density at radius 3 is 2.18 bits per heavy atom. The zero-order chi connectivity index (χ0) is 12.3. The minimum atomic E-state index is -4.38. The van der Waals surface area contributed by atoms with Crippen molar-refractivity contribution in [3.8, 4) is 0 Å². The van der Waals surface area contributed by atoms with Crippen molar-refractivity contribution in [1.82, 2.24) is 5.32 Å². The molecule has 0 spiro atoms. The van der Waals surface area contributed by atoms with Crippen LogP contribution in [0.15, 0.2) is 24.3 Å². The predicted octanol–water partition coefficient (Wildman–Crippen LogP) is 2.03. The number of rotatable bonds is 2. The van der Waals surface area contributed by atoms with Gasteiger partial charge in [0.2, 0.25) is 0 Å². The SMILES string of the molecule is FC(F)(F)Nc1ccc(N2CCNCC2)cc1. The van der Waals surface area contributed by atoms with E-state index in [2.05, 4.69) is 10.2 Å². The Bertz CT molecular complexity index is 355. The lowest BCUT2D eigenvalue weighted by molar-refractivity contribution is -0.0999. The van der Waals surface area contributed by atoms with Gasteiger partial charge in [-0.25, -0.2) is 0 Å². The minimum absolute atomic E-state index is 0.0661. The Kier molecular flexibility index (Phi) is 3.42. The molecule has 0 saturated carbocycles. The third-order valence-electron chi connectivity index (χ3n) is 2.64. The van der Waals surface area contributed by atoms with Crippen LogP contribution in [0.5, 0.6) is 0 Å². The highest BCUT2D eigenvalue weighted by molar-refractivity contribution is 5.55. The van der Waals surface area contributed by atoms with Gasteiger partial charge in [-0.1, -0.05) is 0 Å². The Hall–Kier alpha value is -1.43. The van der Waals surface area contributed by atoms with E-state index in [0.717, 1.165) is 31.9 Å². The molecule has 1 saturated heterocycles. The minimum Gasteiger partial charge on any atom is -0.369 e. The van der Waals surface area contributed by atoms with E-state index in [1.807, 2.05) is 0 Å². The molecule has 0 unspecified atom stereocenters. The summed E-state index contributed by atoms with van der Waals surface area (Å²) in [5.74, 6) is 0. The van der Waals surface area contributed by atoms with Crippen molar-refractivity contribution in [3.63, 3.8) is 0 Å². The molecular weight excluding hydrogens is 231 g/mol. The zero-order valence-electron chi connectivity index (χ0n) is 9.22. The molecule has 1 heterocycles. The van der Waals surface area contributed by atoms with Gasteiger partial charge in [0.25, 0.3) is 0 Å². The molecule has 0 amide bonds. The maximum Gasteiger partial charge on any atom is 0.482 e. The van der Waals surface area contributed by atoms with Gasteiger partial charge in [0.15, 0.2) is 0 Å². The quantitative estimate of drug-likeness (QED) is 0.781. The first-order valence-corrected chi connectivity index (χ1v) is 5.45. The fraction of sp³-hybridized carbons (Fsp3) is 0.455. The van der Waals surface area contributed by atoms with E-state index in [0.29, 0.717) is 0 Å². The molecular formula is C11H14F3N3. The van der Waals surface area contributed by atoms with Gasteiger partial charge in [-0.2, -0.15) is 13.2 Å². The molecule has 17 heavy (non-hydrogen) atoms. The monoisotopic (exact) mass is 245 g/mol. The average molecular weight is 245 g/mol. The summed E-state index contributed by atoms with van der Waals surface area (Å²) in [6.07, 6.45) is -4.38. The van der Waals surface area contributed by atoms with E-state index in [1.165, 1.54) is 17.4 Å². The predicted molar refractivity (Wildman–Crippen MR) is 61.2 cm³/mol. The van der Waals surface area contributed by atoms with E-state index in [1.54, 1.807) is 12.1 Å². The topological polar surface area (TPSA) is 27.3 Å². The second-order valence-corrected chi connectivity index (χ2v) is 3.91. The Morgan fingerprint density at radius 2 is 1.65 bits per heavy atom. The summed E-state index contributed by atoms with van der Waals surface area (Å²) in [6.45, 7) is 3.57. The van der Waals surface area contributed by atoms with E-state index in [9.17, 15) is 13.2 Å². The van der Waals surface area contributed by atoms with Gasteiger partial charge < -0.3 is 10.2 Å². The van der Waals surface area contributed by atoms with Gasteiger partial charge in [0.1, 0.15) is 0 Å². The van der Waals surface area contributed by atoms with E-state index in [4.69, 9.17) is 0 Å². The van der Waals surface area contributed by atoms with Gasteiger partial charge in [-0.05, 0) is 24.3 Å². The third kappa shape index (κ3) is 3.52. The lowest BCUT2D eigenvalue weighted by Crippen LogP contribution is -2.43. The molecule has 1 fully saturated rings. The number of nitrogens with one attached hydrogen (secondary N) is 2. The number of hydrogen-bond donors (Lipinski definition) is 2. The summed E-state index contributed by atoms with van der Waals surface area (Å²) in [6, 6.07) is 6.31. The second kappa shape index (κ2) is 4.83. The largest absolute Gasteiger partial charge is 0.482 e. The molecule has 3 nitrogen and oxygen atoms in total. The molecule has 1 aliphatic heterocycles. The number of benzene rings is 1. The van der Waals surface area contributed by atoms with Crippen LogP contribution in [-0.2, 0) is 0 Å². The number of halogens is 3. The van der Waals surface area contributed by atoms with Crippen LogP contribution in [0.4, 0.5) is 24.5 Å². The number of nitrogens with zero attached hydrogens (tertiary/aromatic N) is 1. The van der Waals surface area contributed by atoms with Crippen LogP contribution in [0.1, 0.15) is 0 Å². The third-order valence-corrected chi connectivity index (χ3v) is 2.64. The first-order chi connectivity index (χ1) is 8.04. The molecule has 1 aromatic rings. The number of anilines is 2. The van der Waals surface area contributed by atoms with Gasteiger partial charge in [-0.3, -0.25) is 5.32 Å². The lowest BCUT2D eigenvalue weighted by atomic mass is 10.2. The summed E-state index contributed by atoms with van der Waals surface area (Å²) in [5.41, 5.74) is 1.02. The van der Waals surface area contributed by atoms with E-state index >= 15 is 0 Å². The van der Waals surface area contributed by atoms with Crippen molar-refractivity contribution >= 4 is 11.4 Å². The maximum absolute atomic E-state index is 12.1.